The smallest absolute Gasteiger partial charge is 0.330 e. The molecule has 2 aliphatic rings. The van der Waals surface area contributed by atoms with Gasteiger partial charge in [-0.2, -0.15) is 10.1 Å². The SMILES string of the molecule is Cc1cc2ncnn2cc1Nc1ncc2c(n1)n(C1C[C@H]3COC[C@H]3C1)c(=O)n2C. The van der Waals surface area contributed by atoms with Gasteiger partial charge in [0.15, 0.2) is 11.3 Å². The Kier molecular flexibility index (Phi) is 3.73. The van der Waals surface area contributed by atoms with Crippen molar-refractivity contribution in [2.24, 2.45) is 18.9 Å². The van der Waals surface area contributed by atoms with Gasteiger partial charge in [0, 0.05) is 26.3 Å². The lowest BCUT2D eigenvalue weighted by Gasteiger charge is -2.13. The number of aryl methyl sites for hydroxylation is 2. The van der Waals surface area contributed by atoms with Crippen LogP contribution in [-0.2, 0) is 11.8 Å². The summed E-state index contributed by atoms with van der Waals surface area (Å²) in [7, 11) is 1.78. The molecule has 2 fully saturated rings. The normalized spacial score (nSPS) is 23.5. The van der Waals surface area contributed by atoms with E-state index in [-0.39, 0.29) is 11.7 Å². The standard InChI is InChI=1S/C20H22N8O2/c1-11-3-17-22-10-23-27(17)7-15(11)24-19-21-6-16-18(25-19)28(20(29)26(16)2)14-4-12-8-30-9-13(12)5-14/h3,6-7,10,12-14H,4-5,8-9H2,1-2H3,(H,21,24,25)/t12-,13+,14?. The van der Waals surface area contributed by atoms with Gasteiger partial charge in [0.25, 0.3) is 0 Å². The van der Waals surface area contributed by atoms with Gasteiger partial charge in [-0.15, -0.1) is 0 Å². The van der Waals surface area contributed by atoms with E-state index >= 15 is 0 Å². The summed E-state index contributed by atoms with van der Waals surface area (Å²) in [5, 5.41) is 7.46. The molecule has 4 aromatic rings. The van der Waals surface area contributed by atoms with Gasteiger partial charge in [-0.05, 0) is 43.2 Å². The van der Waals surface area contributed by atoms with Crippen LogP contribution < -0.4 is 11.0 Å². The molecule has 6 rings (SSSR count). The molecule has 0 bridgehead atoms. The number of fused-ring (bicyclic) bond motifs is 3. The van der Waals surface area contributed by atoms with Crippen LogP contribution in [0.1, 0.15) is 24.4 Å². The molecule has 4 aromatic heterocycles. The number of pyridine rings is 1. The molecule has 1 N–H and O–H groups in total. The van der Waals surface area contributed by atoms with Crippen LogP contribution in [0, 0.1) is 18.8 Å². The number of imidazole rings is 1. The minimum Gasteiger partial charge on any atom is -0.381 e. The maximum absolute atomic E-state index is 13.0. The number of hydrogen-bond acceptors (Lipinski definition) is 7. The highest BCUT2D eigenvalue weighted by Gasteiger charge is 2.40. The van der Waals surface area contributed by atoms with E-state index in [1.54, 1.807) is 22.3 Å². The van der Waals surface area contributed by atoms with E-state index < -0.39 is 0 Å². The lowest BCUT2D eigenvalue weighted by Crippen LogP contribution is -2.25. The third-order valence-corrected chi connectivity index (χ3v) is 6.55. The number of ether oxygens (including phenoxy) is 1. The van der Waals surface area contributed by atoms with Crippen molar-refractivity contribution < 1.29 is 4.74 Å². The number of aromatic nitrogens is 7. The van der Waals surface area contributed by atoms with Gasteiger partial charge >= 0.3 is 5.69 Å². The van der Waals surface area contributed by atoms with Gasteiger partial charge in [0.2, 0.25) is 5.95 Å². The summed E-state index contributed by atoms with van der Waals surface area (Å²) in [6.07, 6.45) is 7.01. The van der Waals surface area contributed by atoms with Crippen molar-refractivity contribution in [3.8, 4) is 0 Å². The summed E-state index contributed by atoms with van der Waals surface area (Å²) in [5.74, 6) is 1.52. The van der Waals surface area contributed by atoms with Gasteiger partial charge in [-0.3, -0.25) is 9.13 Å². The molecule has 0 spiro atoms. The quantitative estimate of drug-likeness (QED) is 0.553. The Balaban J connectivity index is 1.41. The van der Waals surface area contributed by atoms with Crippen molar-refractivity contribution in [2.75, 3.05) is 18.5 Å². The second-order valence-corrected chi connectivity index (χ2v) is 8.35. The zero-order valence-electron chi connectivity index (χ0n) is 16.8. The Hall–Kier alpha value is -3.27. The molecule has 0 amide bonds. The van der Waals surface area contributed by atoms with E-state index in [0.717, 1.165) is 48.5 Å². The third kappa shape index (κ3) is 2.56. The molecule has 1 saturated heterocycles. The van der Waals surface area contributed by atoms with Crippen LogP contribution in [-0.4, -0.2) is 46.9 Å². The molecule has 1 saturated carbocycles. The Morgan fingerprint density at radius 3 is 2.80 bits per heavy atom. The van der Waals surface area contributed by atoms with Crippen LogP contribution in [0.2, 0.25) is 0 Å². The highest BCUT2D eigenvalue weighted by Crippen LogP contribution is 2.43. The molecule has 0 radical (unpaired) electrons. The topological polar surface area (TPSA) is 104 Å². The first-order valence-corrected chi connectivity index (χ1v) is 10.2. The maximum atomic E-state index is 13.0. The average Bonchev–Trinajstić information content (AvgIpc) is 3.47. The van der Waals surface area contributed by atoms with Crippen molar-refractivity contribution in [1.29, 1.82) is 0 Å². The molecule has 1 aliphatic carbocycles. The molecular formula is C20H22N8O2. The first-order valence-electron chi connectivity index (χ1n) is 10.2. The average molecular weight is 406 g/mol. The highest BCUT2D eigenvalue weighted by atomic mass is 16.5. The molecule has 3 atom stereocenters. The summed E-state index contributed by atoms with van der Waals surface area (Å²) in [4.78, 5) is 26.4. The molecule has 154 valence electrons. The molecule has 1 aliphatic heterocycles. The van der Waals surface area contributed by atoms with Crippen LogP contribution in [0.5, 0.6) is 0 Å². The predicted octanol–water partition coefficient (Wildman–Crippen LogP) is 1.82. The molecule has 0 aromatic carbocycles. The van der Waals surface area contributed by atoms with E-state index in [1.165, 1.54) is 6.33 Å². The first-order chi connectivity index (χ1) is 14.6. The fraction of sp³-hybridized carbons (Fsp3) is 0.450. The minimum atomic E-state index is -0.0393. The van der Waals surface area contributed by atoms with Gasteiger partial charge < -0.3 is 10.1 Å². The first kappa shape index (κ1) is 17.6. The molecule has 30 heavy (non-hydrogen) atoms. The van der Waals surface area contributed by atoms with E-state index in [2.05, 4.69) is 20.4 Å². The Labute approximate surface area is 171 Å². The summed E-state index contributed by atoms with van der Waals surface area (Å²) < 4.78 is 10.8. The fourth-order valence-electron chi connectivity index (χ4n) is 4.90. The van der Waals surface area contributed by atoms with Gasteiger partial charge in [0.1, 0.15) is 11.8 Å². The number of anilines is 2. The van der Waals surface area contributed by atoms with Gasteiger partial charge in [-0.25, -0.2) is 19.3 Å². The Bertz CT molecular complexity index is 1320. The zero-order chi connectivity index (χ0) is 20.4. The lowest BCUT2D eigenvalue weighted by atomic mass is 10.0. The van der Waals surface area contributed by atoms with Crippen LogP contribution in [0.25, 0.3) is 16.8 Å². The van der Waals surface area contributed by atoms with E-state index in [1.807, 2.05) is 23.8 Å². The molecule has 10 heteroatoms. The number of nitrogens with zero attached hydrogens (tertiary/aromatic N) is 7. The second-order valence-electron chi connectivity index (χ2n) is 8.35. The zero-order valence-corrected chi connectivity index (χ0v) is 16.8. The molecule has 1 unspecified atom stereocenters. The second kappa shape index (κ2) is 6.36. The van der Waals surface area contributed by atoms with Crippen LogP contribution >= 0.6 is 0 Å². The summed E-state index contributed by atoms with van der Waals surface area (Å²) in [6, 6.07) is 2.10. The molecular weight excluding hydrogens is 384 g/mol. The molecule has 10 nitrogen and oxygen atoms in total. The van der Waals surface area contributed by atoms with Crippen LogP contribution in [0.3, 0.4) is 0 Å². The monoisotopic (exact) mass is 406 g/mol. The predicted molar refractivity (Wildman–Crippen MR) is 110 cm³/mol. The van der Waals surface area contributed by atoms with Crippen LogP contribution in [0.4, 0.5) is 11.6 Å². The van der Waals surface area contributed by atoms with E-state index in [0.29, 0.717) is 23.4 Å². The summed E-state index contributed by atoms with van der Waals surface area (Å²) >= 11 is 0. The van der Waals surface area contributed by atoms with Crippen molar-refractivity contribution >= 4 is 28.4 Å². The summed E-state index contributed by atoms with van der Waals surface area (Å²) in [6.45, 7) is 3.59. The third-order valence-electron chi connectivity index (χ3n) is 6.55. The van der Waals surface area contributed by atoms with Crippen LogP contribution in [0.15, 0.2) is 29.6 Å². The number of rotatable bonds is 3. The maximum Gasteiger partial charge on any atom is 0.330 e. The molecule has 5 heterocycles. The highest BCUT2D eigenvalue weighted by molar-refractivity contribution is 5.73. The largest absolute Gasteiger partial charge is 0.381 e. The van der Waals surface area contributed by atoms with Crippen molar-refractivity contribution in [3.63, 3.8) is 0 Å². The van der Waals surface area contributed by atoms with Crippen molar-refractivity contribution in [2.45, 2.75) is 25.8 Å². The lowest BCUT2D eigenvalue weighted by molar-refractivity contribution is 0.167. The van der Waals surface area contributed by atoms with Gasteiger partial charge in [0.05, 0.1) is 18.1 Å². The van der Waals surface area contributed by atoms with Gasteiger partial charge in [-0.1, -0.05) is 0 Å². The summed E-state index contributed by atoms with van der Waals surface area (Å²) in [5.41, 5.74) is 4.00. The minimum absolute atomic E-state index is 0.0393. The van der Waals surface area contributed by atoms with Crippen molar-refractivity contribution in [1.82, 2.24) is 33.7 Å². The number of hydrogen-bond donors (Lipinski definition) is 1. The van der Waals surface area contributed by atoms with E-state index in [4.69, 9.17) is 9.72 Å². The van der Waals surface area contributed by atoms with E-state index in [9.17, 15) is 4.79 Å². The van der Waals surface area contributed by atoms with Crippen molar-refractivity contribution in [3.05, 3.63) is 40.8 Å². The Morgan fingerprint density at radius 2 is 2.00 bits per heavy atom. The Morgan fingerprint density at radius 1 is 1.20 bits per heavy atom. The number of nitrogens with one attached hydrogen (secondary N) is 1. The fourth-order valence-corrected chi connectivity index (χ4v) is 4.90.